The normalized spacial score (nSPS) is 19.2. The Balaban J connectivity index is 2.44. The van der Waals surface area contributed by atoms with Gasteiger partial charge in [0.25, 0.3) is 0 Å². The average Bonchev–Trinajstić information content (AvgIpc) is 2.67. The van der Waals surface area contributed by atoms with E-state index in [4.69, 9.17) is 5.73 Å². The van der Waals surface area contributed by atoms with Crippen LogP contribution in [0.3, 0.4) is 0 Å². The van der Waals surface area contributed by atoms with E-state index >= 15 is 0 Å². The topological polar surface area (TPSA) is 26.0 Å². The molecule has 0 unspecified atom stereocenters. The van der Waals surface area contributed by atoms with Crippen molar-refractivity contribution in [1.82, 2.24) is 0 Å². The van der Waals surface area contributed by atoms with Gasteiger partial charge in [-0.1, -0.05) is 6.07 Å². The SMILES string of the molecule is Cc1cc(F)cc(C2(N)CC2)c1. The standard InChI is InChI=1S/C10H12FN/c1-7-4-8(6-9(11)5-7)10(12)2-3-10/h4-6H,2-3,12H2,1H3. The Morgan fingerprint density at radius 2 is 2.00 bits per heavy atom. The third kappa shape index (κ3) is 1.23. The second kappa shape index (κ2) is 2.30. The van der Waals surface area contributed by atoms with Crippen molar-refractivity contribution >= 4 is 0 Å². The number of benzene rings is 1. The molecule has 0 spiro atoms. The zero-order chi connectivity index (χ0) is 8.77. The van der Waals surface area contributed by atoms with Gasteiger partial charge in [-0.3, -0.25) is 0 Å². The average molecular weight is 165 g/mol. The maximum absolute atomic E-state index is 12.9. The molecular formula is C10H12FN. The highest BCUT2D eigenvalue weighted by atomic mass is 19.1. The summed E-state index contributed by atoms with van der Waals surface area (Å²) in [4.78, 5) is 0. The lowest BCUT2D eigenvalue weighted by Crippen LogP contribution is -2.18. The van der Waals surface area contributed by atoms with Crippen LogP contribution in [-0.4, -0.2) is 0 Å². The fourth-order valence-electron chi connectivity index (χ4n) is 1.45. The minimum atomic E-state index is -0.215. The molecular weight excluding hydrogens is 153 g/mol. The van der Waals surface area contributed by atoms with Crippen LogP contribution in [0.15, 0.2) is 18.2 Å². The largest absolute Gasteiger partial charge is 0.321 e. The van der Waals surface area contributed by atoms with Crippen LogP contribution < -0.4 is 5.73 Å². The molecule has 1 aromatic rings. The van der Waals surface area contributed by atoms with Gasteiger partial charge in [0.1, 0.15) is 5.82 Å². The molecule has 64 valence electrons. The van der Waals surface area contributed by atoms with Crippen LogP contribution in [0, 0.1) is 12.7 Å². The minimum Gasteiger partial charge on any atom is -0.321 e. The highest BCUT2D eigenvalue weighted by Crippen LogP contribution is 2.42. The molecule has 1 aliphatic rings. The first kappa shape index (κ1) is 7.74. The van der Waals surface area contributed by atoms with Gasteiger partial charge in [-0.2, -0.15) is 0 Å². The predicted molar refractivity (Wildman–Crippen MR) is 46.2 cm³/mol. The quantitative estimate of drug-likeness (QED) is 0.677. The Kier molecular flexibility index (Phi) is 1.48. The second-order valence-corrected chi connectivity index (χ2v) is 3.67. The number of halogens is 1. The van der Waals surface area contributed by atoms with Gasteiger partial charge >= 0.3 is 0 Å². The zero-order valence-corrected chi connectivity index (χ0v) is 7.10. The third-order valence-corrected chi connectivity index (χ3v) is 2.41. The molecule has 0 aromatic heterocycles. The lowest BCUT2D eigenvalue weighted by molar-refractivity contribution is 0.617. The van der Waals surface area contributed by atoms with Gasteiger partial charge in [0.05, 0.1) is 0 Å². The van der Waals surface area contributed by atoms with Gasteiger partial charge in [0.2, 0.25) is 0 Å². The van der Waals surface area contributed by atoms with E-state index in [2.05, 4.69) is 0 Å². The van der Waals surface area contributed by atoms with E-state index in [0.29, 0.717) is 0 Å². The molecule has 0 bridgehead atoms. The molecule has 0 aliphatic heterocycles. The van der Waals surface area contributed by atoms with Crippen molar-refractivity contribution < 1.29 is 4.39 Å². The molecule has 2 heteroatoms. The third-order valence-electron chi connectivity index (χ3n) is 2.41. The molecule has 2 N–H and O–H groups in total. The molecule has 0 atom stereocenters. The Hall–Kier alpha value is -0.890. The Morgan fingerprint density at radius 1 is 1.33 bits per heavy atom. The van der Waals surface area contributed by atoms with E-state index in [1.54, 1.807) is 6.07 Å². The fourth-order valence-corrected chi connectivity index (χ4v) is 1.45. The monoisotopic (exact) mass is 165 g/mol. The van der Waals surface area contributed by atoms with Crippen molar-refractivity contribution in [2.75, 3.05) is 0 Å². The molecule has 1 fully saturated rings. The van der Waals surface area contributed by atoms with Gasteiger partial charge in [-0.15, -0.1) is 0 Å². The van der Waals surface area contributed by atoms with Crippen molar-refractivity contribution in [3.8, 4) is 0 Å². The predicted octanol–water partition coefficient (Wildman–Crippen LogP) is 2.08. The lowest BCUT2D eigenvalue weighted by atomic mass is 10.0. The molecule has 12 heavy (non-hydrogen) atoms. The van der Waals surface area contributed by atoms with Crippen molar-refractivity contribution in [3.05, 3.63) is 35.1 Å². The van der Waals surface area contributed by atoms with Crippen LogP contribution in [0.2, 0.25) is 0 Å². The summed E-state index contributed by atoms with van der Waals surface area (Å²) in [5.74, 6) is -0.179. The molecule has 2 rings (SSSR count). The van der Waals surface area contributed by atoms with Gasteiger partial charge in [-0.05, 0) is 43.0 Å². The smallest absolute Gasteiger partial charge is 0.123 e. The highest BCUT2D eigenvalue weighted by molar-refractivity contribution is 5.33. The number of nitrogens with two attached hydrogens (primary N) is 1. The maximum Gasteiger partial charge on any atom is 0.123 e. The summed E-state index contributed by atoms with van der Waals surface area (Å²) >= 11 is 0. The van der Waals surface area contributed by atoms with E-state index in [1.807, 2.05) is 13.0 Å². The van der Waals surface area contributed by atoms with E-state index in [1.165, 1.54) is 6.07 Å². The summed E-state index contributed by atoms with van der Waals surface area (Å²) in [6.45, 7) is 1.89. The molecule has 1 aliphatic carbocycles. The lowest BCUT2D eigenvalue weighted by Gasteiger charge is -2.09. The van der Waals surface area contributed by atoms with Gasteiger partial charge in [0.15, 0.2) is 0 Å². The summed E-state index contributed by atoms with van der Waals surface area (Å²) in [5, 5.41) is 0. The first-order chi connectivity index (χ1) is 5.60. The number of hydrogen-bond donors (Lipinski definition) is 1. The molecule has 0 radical (unpaired) electrons. The summed E-state index contributed by atoms with van der Waals surface area (Å²) < 4.78 is 12.9. The van der Waals surface area contributed by atoms with Crippen LogP contribution >= 0.6 is 0 Å². The molecule has 1 aromatic carbocycles. The summed E-state index contributed by atoms with van der Waals surface area (Å²) in [7, 11) is 0. The van der Waals surface area contributed by atoms with Crippen molar-refractivity contribution in [2.24, 2.45) is 5.73 Å². The van der Waals surface area contributed by atoms with E-state index in [0.717, 1.165) is 24.0 Å². The highest BCUT2D eigenvalue weighted by Gasteiger charge is 2.40. The number of aryl methyl sites for hydroxylation is 1. The van der Waals surface area contributed by atoms with Crippen LogP contribution in [0.4, 0.5) is 4.39 Å². The first-order valence-electron chi connectivity index (χ1n) is 4.17. The minimum absolute atomic E-state index is 0.179. The molecule has 0 amide bonds. The van der Waals surface area contributed by atoms with E-state index in [-0.39, 0.29) is 11.4 Å². The van der Waals surface area contributed by atoms with Crippen LogP contribution in [0.5, 0.6) is 0 Å². The molecule has 1 saturated carbocycles. The van der Waals surface area contributed by atoms with Gasteiger partial charge in [0, 0.05) is 5.54 Å². The van der Waals surface area contributed by atoms with Gasteiger partial charge in [-0.25, -0.2) is 4.39 Å². The van der Waals surface area contributed by atoms with Gasteiger partial charge < -0.3 is 5.73 Å². The molecule has 0 heterocycles. The van der Waals surface area contributed by atoms with Crippen molar-refractivity contribution in [1.29, 1.82) is 0 Å². The Labute approximate surface area is 71.4 Å². The molecule has 0 saturated heterocycles. The second-order valence-electron chi connectivity index (χ2n) is 3.67. The maximum atomic E-state index is 12.9. The number of rotatable bonds is 1. The van der Waals surface area contributed by atoms with Crippen molar-refractivity contribution in [2.45, 2.75) is 25.3 Å². The zero-order valence-electron chi connectivity index (χ0n) is 7.10. The van der Waals surface area contributed by atoms with Crippen LogP contribution in [0.25, 0.3) is 0 Å². The summed E-state index contributed by atoms with van der Waals surface area (Å²) in [6.07, 6.45) is 1.96. The van der Waals surface area contributed by atoms with Crippen molar-refractivity contribution in [3.63, 3.8) is 0 Å². The fraction of sp³-hybridized carbons (Fsp3) is 0.400. The summed E-state index contributed by atoms with van der Waals surface area (Å²) in [5.41, 5.74) is 7.61. The van der Waals surface area contributed by atoms with Crippen LogP contribution in [0.1, 0.15) is 24.0 Å². The first-order valence-corrected chi connectivity index (χ1v) is 4.17. The Morgan fingerprint density at radius 3 is 2.50 bits per heavy atom. The van der Waals surface area contributed by atoms with Crippen LogP contribution in [-0.2, 0) is 5.54 Å². The Bertz CT molecular complexity index is 295. The van der Waals surface area contributed by atoms with E-state index < -0.39 is 0 Å². The molecule has 1 nitrogen and oxygen atoms in total. The summed E-state index contributed by atoms with van der Waals surface area (Å²) in [6, 6.07) is 5.03. The number of hydrogen-bond acceptors (Lipinski definition) is 1. The van der Waals surface area contributed by atoms with E-state index in [9.17, 15) is 4.39 Å².